The molecular formula is C12H8F10O2. The van der Waals surface area contributed by atoms with Gasteiger partial charge in [-0.3, -0.25) is 0 Å². The van der Waals surface area contributed by atoms with E-state index in [1.807, 2.05) is 0 Å². The van der Waals surface area contributed by atoms with Gasteiger partial charge in [-0.2, -0.15) is 26.3 Å². The fraction of sp³-hybridized carbons (Fsp3) is 0.500. The highest BCUT2D eigenvalue weighted by Crippen LogP contribution is 2.43. The lowest BCUT2D eigenvalue weighted by Gasteiger charge is -2.28. The summed E-state index contributed by atoms with van der Waals surface area (Å²) in [5.74, 6) is -15.0. The Balaban J connectivity index is 3.68. The van der Waals surface area contributed by atoms with Gasteiger partial charge in [0.05, 0.1) is 17.8 Å². The first-order valence-corrected chi connectivity index (χ1v) is 5.98. The van der Waals surface area contributed by atoms with Crippen LogP contribution in [-0.2, 0) is 6.18 Å². The van der Waals surface area contributed by atoms with Crippen LogP contribution in [-0.4, -0.2) is 22.5 Å². The van der Waals surface area contributed by atoms with Crippen molar-refractivity contribution in [1.82, 2.24) is 0 Å². The highest BCUT2D eigenvalue weighted by molar-refractivity contribution is 5.33. The molecule has 3 atom stereocenters. The molecule has 0 amide bonds. The molecule has 3 unspecified atom stereocenters. The van der Waals surface area contributed by atoms with Crippen molar-refractivity contribution in [2.45, 2.75) is 31.5 Å². The van der Waals surface area contributed by atoms with E-state index >= 15 is 0 Å². The molecule has 0 radical (unpaired) electrons. The lowest BCUT2D eigenvalue weighted by molar-refractivity contribution is -0.225. The van der Waals surface area contributed by atoms with Crippen molar-refractivity contribution in [2.75, 3.05) is 0 Å². The van der Waals surface area contributed by atoms with Gasteiger partial charge in [0.1, 0.15) is 11.5 Å². The Labute approximate surface area is 127 Å². The lowest BCUT2D eigenvalue weighted by Crippen LogP contribution is -2.38. The van der Waals surface area contributed by atoms with Crippen LogP contribution in [0.1, 0.15) is 24.2 Å². The molecule has 0 fully saturated rings. The van der Waals surface area contributed by atoms with Crippen LogP contribution >= 0.6 is 0 Å². The maximum Gasteiger partial charge on any atom is 0.422 e. The molecule has 0 heterocycles. The molecule has 138 valence electrons. The number of alkyl halides is 6. The average Bonchev–Trinajstić information content (AvgIpc) is 2.32. The predicted octanol–water partition coefficient (Wildman–Crippen LogP) is 3.85. The first-order valence-electron chi connectivity index (χ1n) is 5.98. The van der Waals surface area contributed by atoms with E-state index in [1.165, 1.54) is 0 Å². The van der Waals surface area contributed by atoms with Gasteiger partial charge in [0.15, 0.2) is 23.3 Å². The minimum absolute atomic E-state index is 0.452. The van der Waals surface area contributed by atoms with Gasteiger partial charge in [0, 0.05) is 0 Å². The molecule has 1 aromatic rings. The molecular weight excluding hydrogens is 366 g/mol. The van der Waals surface area contributed by atoms with Crippen LogP contribution in [0.3, 0.4) is 0 Å². The molecule has 0 aromatic heterocycles. The summed E-state index contributed by atoms with van der Waals surface area (Å²) in [4.78, 5) is 0. The zero-order valence-electron chi connectivity index (χ0n) is 11.4. The summed E-state index contributed by atoms with van der Waals surface area (Å²) in [6, 6.07) is 0. The van der Waals surface area contributed by atoms with Crippen LogP contribution in [0.4, 0.5) is 43.9 Å². The van der Waals surface area contributed by atoms with Gasteiger partial charge < -0.3 is 10.2 Å². The smallest absolute Gasteiger partial charge is 0.393 e. The minimum Gasteiger partial charge on any atom is -0.393 e. The van der Waals surface area contributed by atoms with Crippen LogP contribution in [0.2, 0.25) is 0 Å². The molecule has 2 nitrogen and oxygen atoms in total. The number of halogens is 10. The molecule has 0 saturated heterocycles. The molecule has 0 bridgehead atoms. The molecule has 1 rings (SSSR count). The second kappa shape index (κ2) is 6.39. The highest BCUT2D eigenvalue weighted by Gasteiger charge is 2.51. The number of rotatable bonds is 3. The van der Waals surface area contributed by atoms with E-state index in [0.29, 0.717) is 6.92 Å². The fourth-order valence-corrected chi connectivity index (χ4v) is 2.05. The maximum atomic E-state index is 13.6. The van der Waals surface area contributed by atoms with Crippen molar-refractivity contribution < 1.29 is 54.1 Å². The van der Waals surface area contributed by atoms with E-state index in [2.05, 4.69) is 0 Å². The van der Waals surface area contributed by atoms with Crippen molar-refractivity contribution in [2.24, 2.45) is 5.92 Å². The molecule has 1 aromatic carbocycles. The molecule has 0 aliphatic carbocycles. The minimum atomic E-state index is -5.88. The van der Waals surface area contributed by atoms with Gasteiger partial charge in [0.2, 0.25) is 0 Å². The van der Waals surface area contributed by atoms with Gasteiger partial charge in [0.25, 0.3) is 0 Å². The molecule has 0 spiro atoms. The van der Waals surface area contributed by atoms with E-state index in [4.69, 9.17) is 5.11 Å². The SMILES string of the molecule is CC(O)C(C(O)c1c(F)c(F)c(C(F)(F)F)c(F)c1F)C(F)(F)F. The predicted molar refractivity (Wildman–Crippen MR) is 57.5 cm³/mol. The third-order valence-electron chi connectivity index (χ3n) is 3.11. The van der Waals surface area contributed by atoms with Gasteiger partial charge in [-0.05, 0) is 6.92 Å². The zero-order chi connectivity index (χ0) is 19.2. The normalized spacial score (nSPS) is 16.9. The summed E-state index contributed by atoms with van der Waals surface area (Å²) in [7, 11) is 0. The standard InChI is InChI=1S/C12H8F10O2/c1-2(23)4(11(17,18)19)10(24)3-6(13)8(15)5(12(20,21)22)9(16)7(3)14/h2,4,10,23-24H,1H3. The largest absolute Gasteiger partial charge is 0.422 e. The van der Waals surface area contributed by atoms with Crippen molar-refractivity contribution in [3.63, 3.8) is 0 Å². The van der Waals surface area contributed by atoms with Crippen molar-refractivity contribution in [3.8, 4) is 0 Å². The third kappa shape index (κ3) is 3.58. The van der Waals surface area contributed by atoms with Crippen molar-refractivity contribution in [1.29, 1.82) is 0 Å². The van der Waals surface area contributed by atoms with E-state index in [9.17, 15) is 49.0 Å². The van der Waals surface area contributed by atoms with Crippen LogP contribution in [0.25, 0.3) is 0 Å². The molecule has 0 saturated carbocycles. The van der Waals surface area contributed by atoms with Crippen LogP contribution in [0.5, 0.6) is 0 Å². The van der Waals surface area contributed by atoms with Gasteiger partial charge in [-0.25, -0.2) is 17.6 Å². The van der Waals surface area contributed by atoms with E-state index in [0.717, 1.165) is 0 Å². The number of hydrogen-bond acceptors (Lipinski definition) is 2. The van der Waals surface area contributed by atoms with E-state index in [-0.39, 0.29) is 0 Å². The fourth-order valence-electron chi connectivity index (χ4n) is 2.05. The summed E-state index contributed by atoms with van der Waals surface area (Å²) < 4.78 is 129. The Morgan fingerprint density at radius 3 is 1.38 bits per heavy atom. The van der Waals surface area contributed by atoms with Crippen LogP contribution < -0.4 is 0 Å². The summed E-state index contributed by atoms with van der Waals surface area (Å²) >= 11 is 0. The topological polar surface area (TPSA) is 40.5 Å². The quantitative estimate of drug-likeness (QED) is 0.623. The summed E-state index contributed by atoms with van der Waals surface area (Å²) in [5, 5.41) is 18.4. The van der Waals surface area contributed by atoms with E-state index in [1.54, 1.807) is 0 Å². The van der Waals surface area contributed by atoms with Crippen molar-refractivity contribution in [3.05, 3.63) is 34.4 Å². The second-order valence-corrected chi connectivity index (χ2v) is 4.80. The molecule has 24 heavy (non-hydrogen) atoms. The number of aliphatic hydroxyl groups excluding tert-OH is 2. The van der Waals surface area contributed by atoms with Gasteiger partial charge in [-0.1, -0.05) is 0 Å². The number of aliphatic hydroxyl groups is 2. The third-order valence-corrected chi connectivity index (χ3v) is 3.11. The Kier molecular flexibility index (Phi) is 5.45. The van der Waals surface area contributed by atoms with Gasteiger partial charge >= 0.3 is 12.4 Å². The Morgan fingerprint density at radius 1 is 0.750 bits per heavy atom. The van der Waals surface area contributed by atoms with Crippen LogP contribution in [0.15, 0.2) is 0 Å². The number of hydrogen-bond donors (Lipinski definition) is 2. The second-order valence-electron chi connectivity index (χ2n) is 4.80. The maximum absolute atomic E-state index is 13.6. The summed E-state index contributed by atoms with van der Waals surface area (Å²) in [5.41, 5.74) is -5.30. The lowest BCUT2D eigenvalue weighted by atomic mass is 9.89. The molecule has 0 aliphatic heterocycles. The average molecular weight is 374 g/mol. The zero-order valence-corrected chi connectivity index (χ0v) is 11.4. The number of benzene rings is 1. The summed E-state index contributed by atoms with van der Waals surface area (Å²) in [6.45, 7) is 0.452. The van der Waals surface area contributed by atoms with Crippen LogP contribution in [0, 0.1) is 29.2 Å². The first-order chi connectivity index (χ1) is 10.6. The summed E-state index contributed by atoms with van der Waals surface area (Å²) in [6.07, 6.45) is -17.3. The monoisotopic (exact) mass is 374 g/mol. The highest BCUT2D eigenvalue weighted by atomic mass is 19.4. The Hall–Kier alpha value is -1.56. The molecule has 0 aliphatic rings. The Morgan fingerprint density at radius 2 is 1.12 bits per heavy atom. The first kappa shape index (κ1) is 20.5. The van der Waals surface area contributed by atoms with Gasteiger partial charge in [-0.15, -0.1) is 0 Å². The van der Waals surface area contributed by atoms with E-state index < -0.39 is 64.9 Å². The molecule has 12 heteroatoms. The molecule has 2 N–H and O–H groups in total. The Bertz CT molecular complexity index is 591. The van der Waals surface area contributed by atoms with Crippen molar-refractivity contribution >= 4 is 0 Å².